The van der Waals surface area contributed by atoms with Gasteiger partial charge in [-0.15, -0.1) is 0 Å². The van der Waals surface area contributed by atoms with Crippen molar-refractivity contribution in [3.05, 3.63) is 28.8 Å². The molecule has 0 spiro atoms. The van der Waals surface area contributed by atoms with Crippen LogP contribution in [0.25, 0.3) is 0 Å². The summed E-state index contributed by atoms with van der Waals surface area (Å²) in [5.41, 5.74) is 2.25. The van der Waals surface area contributed by atoms with Crippen LogP contribution in [0.2, 0.25) is 5.02 Å². The van der Waals surface area contributed by atoms with Gasteiger partial charge in [0.1, 0.15) is 6.04 Å². The minimum absolute atomic E-state index is 0.103. The number of hydrogen-bond donors (Lipinski definition) is 2. The lowest BCUT2D eigenvalue weighted by Crippen LogP contribution is -2.55. The number of amides is 1. The molecule has 0 bridgehead atoms. The van der Waals surface area contributed by atoms with Crippen LogP contribution in [0.4, 0.5) is 5.69 Å². The number of carbonyl (C=O) groups is 1. The van der Waals surface area contributed by atoms with Crippen molar-refractivity contribution in [3.63, 3.8) is 0 Å². The van der Waals surface area contributed by atoms with E-state index >= 15 is 0 Å². The van der Waals surface area contributed by atoms with Crippen molar-refractivity contribution in [2.75, 3.05) is 18.0 Å². The first-order valence-corrected chi connectivity index (χ1v) is 7.97. The molecule has 0 saturated carbocycles. The van der Waals surface area contributed by atoms with Gasteiger partial charge in [0.05, 0.1) is 0 Å². The van der Waals surface area contributed by atoms with E-state index in [0.717, 1.165) is 25.2 Å². The number of benzene rings is 1. The molecular formula is C16H24ClN3O. The highest BCUT2D eigenvalue weighted by molar-refractivity contribution is 6.30. The van der Waals surface area contributed by atoms with E-state index in [4.69, 9.17) is 11.6 Å². The largest absolute Gasteiger partial charge is 0.357 e. The third-order valence-electron chi connectivity index (χ3n) is 3.78. The van der Waals surface area contributed by atoms with E-state index in [1.807, 2.05) is 25.1 Å². The summed E-state index contributed by atoms with van der Waals surface area (Å²) in [6, 6.07) is 6.23. The lowest BCUT2D eigenvalue weighted by molar-refractivity contribution is -0.123. The molecule has 21 heavy (non-hydrogen) atoms. The Morgan fingerprint density at radius 3 is 2.90 bits per heavy atom. The lowest BCUT2D eigenvalue weighted by Gasteiger charge is -2.37. The Bertz CT molecular complexity index is 504. The molecule has 0 radical (unpaired) electrons. The number of halogens is 1. The van der Waals surface area contributed by atoms with Gasteiger partial charge in [-0.05, 0) is 24.1 Å². The van der Waals surface area contributed by atoms with Crippen LogP contribution in [0.3, 0.4) is 0 Å². The second-order valence-electron chi connectivity index (χ2n) is 5.72. The quantitative estimate of drug-likeness (QED) is 0.878. The van der Waals surface area contributed by atoms with E-state index in [1.165, 1.54) is 5.56 Å². The van der Waals surface area contributed by atoms with Gasteiger partial charge in [0.2, 0.25) is 5.91 Å². The van der Waals surface area contributed by atoms with E-state index in [2.05, 4.69) is 29.4 Å². The van der Waals surface area contributed by atoms with Crippen LogP contribution in [0, 0.1) is 0 Å². The van der Waals surface area contributed by atoms with E-state index < -0.39 is 0 Å². The molecule has 5 heteroatoms. The predicted molar refractivity (Wildman–Crippen MR) is 87.9 cm³/mol. The van der Waals surface area contributed by atoms with Crippen molar-refractivity contribution in [1.29, 1.82) is 0 Å². The highest BCUT2D eigenvalue weighted by atomic mass is 35.5. The Hall–Kier alpha value is -1.26. The van der Waals surface area contributed by atoms with E-state index in [-0.39, 0.29) is 11.9 Å². The monoisotopic (exact) mass is 309 g/mol. The average molecular weight is 310 g/mol. The van der Waals surface area contributed by atoms with Gasteiger partial charge in [0.15, 0.2) is 0 Å². The summed E-state index contributed by atoms with van der Waals surface area (Å²) >= 11 is 6.18. The summed E-state index contributed by atoms with van der Waals surface area (Å²) in [6.07, 6.45) is 0.787. The summed E-state index contributed by atoms with van der Waals surface area (Å²) in [7, 11) is 0. The molecule has 2 rings (SSSR count). The molecule has 1 atom stereocenters. The van der Waals surface area contributed by atoms with Crippen LogP contribution in [0.5, 0.6) is 0 Å². The molecule has 2 N–H and O–H groups in total. The molecule has 116 valence electrons. The van der Waals surface area contributed by atoms with Gasteiger partial charge in [-0.25, -0.2) is 0 Å². The van der Waals surface area contributed by atoms with Crippen LogP contribution in [0.15, 0.2) is 18.2 Å². The summed E-state index contributed by atoms with van der Waals surface area (Å²) < 4.78 is 0. The van der Waals surface area contributed by atoms with Gasteiger partial charge in [0.25, 0.3) is 0 Å². The summed E-state index contributed by atoms with van der Waals surface area (Å²) in [5, 5.41) is 7.08. The summed E-state index contributed by atoms with van der Waals surface area (Å²) in [5.74, 6) is 0.103. The molecule has 1 aromatic rings. The van der Waals surface area contributed by atoms with Crippen molar-refractivity contribution >= 4 is 23.2 Å². The minimum atomic E-state index is -0.116. The third-order valence-corrected chi connectivity index (χ3v) is 4.01. The number of hydrogen-bond acceptors (Lipinski definition) is 3. The Morgan fingerprint density at radius 2 is 2.24 bits per heavy atom. The molecule has 0 aliphatic carbocycles. The Morgan fingerprint density at radius 1 is 1.48 bits per heavy atom. The molecule has 1 aliphatic rings. The smallest absolute Gasteiger partial charge is 0.242 e. The highest BCUT2D eigenvalue weighted by Crippen LogP contribution is 2.28. The zero-order valence-corrected chi connectivity index (χ0v) is 13.7. The van der Waals surface area contributed by atoms with Gasteiger partial charge in [-0.2, -0.15) is 0 Å². The molecule has 1 unspecified atom stereocenters. The normalized spacial score (nSPS) is 19.0. The maximum atomic E-state index is 12.1. The van der Waals surface area contributed by atoms with Crippen LogP contribution in [0.1, 0.15) is 32.8 Å². The zero-order valence-electron chi connectivity index (χ0n) is 12.9. The molecule has 1 amide bonds. The first kappa shape index (κ1) is 16.1. The zero-order chi connectivity index (χ0) is 15.4. The fourth-order valence-electron chi connectivity index (χ4n) is 2.68. The molecule has 1 saturated heterocycles. The Kier molecular flexibility index (Phi) is 5.48. The molecule has 1 heterocycles. The van der Waals surface area contributed by atoms with Gasteiger partial charge < -0.3 is 15.5 Å². The Labute approximate surface area is 131 Å². The van der Waals surface area contributed by atoms with E-state index in [9.17, 15) is 4.79 Å². The van der Waals surface area contributed by atoms with Gasteiger partial charge in [-0.3, -0.25) is 4.79 Å². The van der Waals surface area contributed by atoms with E-state index in [1.54, 1.807) is 0 Å². The van der Waals surface area contributed by atoms with Crippen LogP contribution in [-0.4, -0.2) is 31.1 Å². The summed E-state index contributed by atoms with van der Waals surface area (Å²) in [6.45, 7) is 8.56. The average Bonchev–Trinajstić information content (AvgIpc) is 2.45. The van der Waals surface area contributed by atoms with Crippen LogP contribution < -0.4 is 15.5 Å². The molecule has 0 aromatic heterocycles. The second kappa shape index (κ2) is 7.14. The molecule has 1 aliphatic heterocycles. The van der Waals surface area contributed by atoms with Crippen LogP contribution in [-0.2, 0) is 11.3 Å². The first-order chi connectivity index (χ1) is 10.0. The maximum absolute atomic E-state index is 12.1. The second-order valence-corrected chi connectivity index (χ2v) is 6.15. The van der Waals surface area contributed by atoms with Gasteiger partial charge in [0, 0.05) is 36.4 Å². The van der Waals surface area contributed by atoms with Crippen molar-refractivity contribution in [2.24, 2.45) is 0 Å². The number of rotatable bonds is 5. The number of nitrogens with zero attached hydrogens (tertiary/aromatic N) is 1. The highest BCUT2D eigenvalue weighted by Gasteiger charge is 2.29. The van der Waals surface area contributed by atoms with Crippen LogP contribution >= 0.6 is 11.6 Å². The van der Waals surface area contributed by atoms with Crippen molar-refractivity contribution in [1.82, 2.24) is 10.6 Å². The topological polar surface area (TPSA) is 44.4 Å². The molecule has 1 aromatic carbocycles. The third kappa shape index (κ3) is 3.89. The molecule has 4 nitrogen and oxygen atoms in total. The number of anilines is 1. The van der Waals surface area contributed by atoms with Crippen molar-refractivity contribution in [2.45, 2.75) is 45.8 Å². The SMILES string of the molecule is CCC1C(=O)NCCN1c1cc(Cl)ccc1CNC(C)C. The fourth-order valence-corrected chi connectivity index (χ4v) is 2.84. The predicted octanol–water partition coefficient (Wildman–Crippen LogP) is 2.55. The number of carbonyl (C=O) groups excluding carboxylic acids is 1. The first-order valence-electron chi connectivity index (χ1n) is 7.59. The standard InChI is InChI=1S/C16H24ClN3O/c1-4-14-16(21)18-7-8-20(14)15-9-13(17)6-5-12(15)10-19-11(2)3/h5-6,9,11,14,19H,4,7-8,10H2,1-3H3,(H,18,21). The number of nitrogens with one attached hydrogen (secondary N) is 2. The van der Waals surface area contributed by atoms with Gasteiger partial charge >= 0.3 is 0 Å². The Balaban J connectivity index is 2.31. The van der Waals surface area contributed by atoms with Gasteiger partial charge in [-0.1, -0.05) is 38.4 Å². The maximum Gasteiger partial charge on any atom is 0.242 e. The number of piperazine rings is 1. The minimum Gasteiger partial charge on any atom is -0.357 e. The fraction of sp³-hybridized carbons (Fsp3) is 0.562. The van der Waals surface area contributed by atoms with Crippen molar-refractivity contribution in [3.8, 4) is 0 Å². The molecule has 1 fully saturated rings. The van der Waals surface area contributed by atoms with Crippen molar-refractivity contribution < 1.29 is 4.79 Å². The van der Waals surface area contributed by atoms with E-state index in [0.29, 0.717) is 17.6 Å². The lowest BCUT2D eigenvalue weighted by atomic mass is 10.1. The summed E-state index contributed by atoms with van der Waals surface area (Å²) in [4.78, 5) is 14.3. The molecular weight excluding hydrogens is 286 g/mol.